The topological polar surface area (TPSA) is 58.2 Å². The summed E-state index contributed by atoms with van der Waals surface area (Å²) in [5.41, 5.74) is -1.05. The first-order chi connectivity index (χ1) is 7.95. The van der Waals surface area contributed by atoms with Gasteiger partial charge in [0.1, 0.15) is 5.41 Å². The maximum Gasteiger partial charge on any atom is 0.242 e. The molecule has 0 atom stereocenters. The number of amides is 2. The van der Waals surface area contributed by atoms with Gasteiger partial charge in [-0.15, -0.1) is 0 Å². The fourth-order valence-electron chi connectivity index (χ4n) is 1.95. The van der Waals surface area contributed by atoms with Crippen LogP contribution in [0.2, 0.25) is 0 Å². The Morgan fingerprint density at radius 2 is 1.72 bits per heavy atom. The Hall–Kier alpha value is -0.230. The third-order valence-electron chi connectivity index (χ3n) is 3.09. The van der Waals surface area contributed by atoms with Crippen molar-refractivity contribution in [2.24, 2.45) is 11.3 Å². The van der Waals surface area contributed by atoms with Crippen LogP contribution in [0.4, 0.5) is 0 Å². The Morgan fingerprint density at radius 3 is 2.11 bits per heavy atom. The fourth-order valence-corrected chi connectivity index (χ4v) is 2.13. The van der Waals surface area contributed by atoms with Gasteiger partial charge in [0.05, 0.1) is 0 Å². The summed E-state index contributed by atoms with van der Waals surface area (Å²) in [6, 6.07) is 0. The van der Waals surface area contributed by atoms with Crippen LogP contribution in [0, 0.1) is 11.3 Å². The number of nitrogens with one attached hydrogen (secondary N) is 2. The molecule has 1 heterocycles. The second-order valence-corrected chi connectivity index (χ2v) is 4.86. The van der Waals surface area contributed by atoms with E-state index in [1.807, 2.05) is 32.9 Å². The maximum atomic E-state index is 12.1. The summed E-state index contributed by atoms with van der Waals surface area (Å²) in [6.07, 6.45) is 5.12. The smallest absolute Gasteiger partial charge is 0.242 e. The Labute approximate surface area is 135 Å². The minimum atomic E-state index is -1.05. The van der Waals surface area contributed by atoms with E-state index in [4.69, 9.17) is 12.2 Å². The Morgan fingerprint density at radius 1 is 1.22 bits per heavy atom. The van der Waals surface area contributed by atoms with E-state index in [1.165, 1.54) is 0 Å². The molecule has 1 saturated heterocycles. The molecular weight excluding hydrogens is 259 g/mol. The molecule has 4 nitrogen and oxygen atoms in total. The van der Waals surface area contributed by atoms with E-state index >= 15 is 0 Å². The Balaban J connectivity index is 0.00000289. The van der Waals surface area contributed by atoms with E-state index in [0.29, 0.717) is 6.42 Å². The van der Waals surface area contributed by atoms with Crippen LogP contribution in [0.5, 0.6) is 0 Å². The van der Waals surface area contributed by atoms with Crippen molar-refractivity contribution in [3.8, 4) is 0 Å². The van der Waals surface area contributed by atoms with E-state index in [1.54, 1.807) is 0 Å². The minimum Gasteiger partial charge on any atom is -0.302 e. The van der Waals surface area contributed by atoms with Crippen LogP contribution in [0.25, 0.3) is 0 Å². The number of carbonyl (C=O) groups is 2. The van der Waals surface area contributed by atoms with Crippen molar-refractivity contribution >= 4 is 58.7 Å². The molecule has 2 amide bonds. The number of rotatable bonds is 4. The van der Waals surface area contributed by atoms with Crippen LogP contribution in [-0.4, -0.2) is 46.5 Å². The molecular formula is C12H18N2NaO2S. The Bertz CT molecular complexity index is 360. The zero-order chi connectivity index (χ0) is 13.1. The number of carbonyl (C=O) groups excluding carboxylic acids is 2. The van der Waals surface area contributed by atoms with Crippen LogP contribution >= 0.6 is 12.2 Å². The molecule has 1 fully saturated rings. The predicted molar refractivity (Wildman–Crippen MR) is 76.0 cm³/mol. The first-order valence-electron chi connectivity index (χ1n) is 5.77. The molecule has 0 unspecified atom stereocenters. The van der Waals surface area contributed by atoms with Crippen molar-refractivity contribution in [3.05, 3.63) is 12.2 Å². The summed E-state index contributed by atoms with van der Waals surface area (Å²) >= 11 is 4.80. The first kappa shape index (κ1) is 17.8. The number of hydrogen-bond acceptors (Lipinski definition) is 3. The molecule has 2 N–H and O–H groups in total. The van der Waals surface area contributed by atoms with Gasteiger partial charge >= 0.3 is 0 Å². The van der Waals surface area contributed by atoms with Gasteiger partial charge in [-0.05, 0) is 31.0 Å². The second-order valence-electron chi connectivity index (χ2n) is 4.45. The second kappa shape index (κ2) is 7.38. The van der Waals surface area contributed by atoms with Crippen molar-refractivity contribution in [1.82, 2.24) is 10.6 Å². The van der Waals surface area contributed by atoms with Gasteiger partial charge in [0.2, 0.25) is 11.8 Å². The zero-order valence-electron chi connectivity index (χ0n) is 11.4. The van der Waals surface area contributed by atoms with Gasteiger partial charge in [-0.25, -0.2) is 0 Å². The van der Waals surface area contributed by atoms with E-state index in [9.17, 15) is 9.59 Å². The van der Waals surface area contributed by atoms with E-state index < -0.39 is 5.41 Å². The third kappa shape index (κ3) is 3.41. The van der Waals surface area contributed by atoms with Crippen LogP contribution < -0.4 is 10.6 Å². The van der Waals surface area contributed by atoms with E-state index in [2.05, 4.69) is 10.6 Å². The van der Waals surface area contributed by atoms with Crippen molar-refractivity contribution < 1.29 is 9.59 Å². The predicted octanol–water partition coefficient (Wildman–Crippen LogP) is 1.14. The van der Waals surface area contributed by atoms with Gasteiger partial charge in [-0.3, -0.25) is 9.59 Å². The van der Waals surface area contributed by atoms with Crippen molar-refractivity contribution in [3.63, 3.8) is 0 Å². The molecule has 0 aliphatic carbocycles. The Kier molecular flexibility index (Phi) is 7.29. The number of hydrogen-bond donors (Lipinski definition) is 2. The zero-order valence-corrected chi connectivity index (χ0v) is 14.2. The van der Waals surface area contributed by atoms with Gasteiger partial charge in [0.25, 0.3) is 0 Å². The van der Waals surface area contributed by atoms with Crippen LogP contribution in [0.3, 0.4) is 0 Å². The molecule has 0 aromatic heterocycles. The summed E-state index contributed by atoms with van der Waals surface area (Å²) in [5.74, 6) is -0.698. The molecule has 0 aromatic carbocycles. The van der Waals surface area contributed by atoms with Gasteiger partial charge in [0.15, 0.2) is 5.11 Å². The summed E-state index contributed by atoms with van der Waals surface area (Å²) in [7, 11) is 0. The van der Waals surface area contributed by atoms with Crippen molar-refractivity contribution in [1.29, 1.82) is 0 Å². The number of allylic oxidation sites excluding steroid dienone is 2. The quantitative estimate of drug-likeness (QED) is 0.350. The average molecular weight is 277 g/mol. The van der Waals surface area contributed by atoms with Crippen LogP contribution in [-0.2, 0) is 9.59 Å². The average Bonchev–Trinajstić information content (AvgIpc) is 2.21. The number of thiocarbonyl (C=S) groups is 1. The summed E-state index contributed by atoms with van der Waals surface area (Å²) in [4.78, 5) is 24.2. The van der Waals surface area contributed by atoms with Crippen LogP contribution in [0.15, 0.2) is 12.2 Å². The maximum absolute atomic E-state index is 12.1. The van der Waals surface area contributed by atoms with Gasteiger partial charge in [-0.2, -0.15) is 0 Å². The molecule has 18 heavy (non-hydrogen) atoms. The molecule has 0 saturated carbocycles. The van der Waals surface area contributed by atoms with E-state index in [0.717, 1.165) is 6.42 Å². The molecule has 0 spiro atoms. The molecule has 1 rings (SSSR count). The fraction of sp³-hybridized carbons (Fsp3) is 0.583. The molecule has 0 bridgehead atoms. The summed E-state index contributed by atoms with van der Waals surface area (Å²) < 4.78 is 0. The molecule has 1 radical (unpaired) electrons. The molecule has 6 heteroatoms. The van der Waals surface area contributed by atoms with Gasteiger partial charge < -0.3 is 10.6 Å². The van der Waals surface area contributed by atoms with Crippen molar-refractivity contribution in [2.45, 2.75) is 33.6 Å². The van der Waals surface area contributed by atoms with Gasteiger partial charge in [0, 0.05) is 29.6 Å². The molecule has 1 aliphatic heterocycles. The third-order valence-corrected chi connectivity index (χ3v) is 3.30. The standard InChI is InChI=1S/C12H18N2O2S.Na/c1-4-5-6-7-12(8(2)3)9(15)13-11(17)14-10(12)16;/h5-6,8H,4,7H2,1-3H3,(H2,13,14,15,16,17);. The normalized spacial score (nSPS) is 18.6. The molecule has 95 valence electrons. The van der Waals surface area contributed by atoms with Crippen molar-refractivity contribution in [2.75, 3.05) is 0 Å². The summed E-state index contributed by atoms with van der Waals surface area (Å²) in [5, 5.41) is 5.16. The first-order valence-corrected chi connectivity index (χ1v) is 6.17. The SMILES string of the molecule is CCC=CCC1(C(C)C)C(=O)NC(=S)NC1=O.[Na]. The molecule has 0 aromatic rings. The largest absolute Gasteiger partial charge is 0.302 e. The minimum absolute atomic E-state index is 0. The monoisotopic (exact) mass is 277 g/mol. The summed E-state index contributed by atoms with van der Waals surface area (Å²) in [6.45, 7) is 5.75. The molecule has 1 aliphatic rings. The van der Waals surface area contributed by atoms with Crippen LogP contribution in [0.1, 0.15) is 33.6 Å². The van der Waals surface area contributed by atoms with E-state index in [-0.39, 0.29) is 52.4 Å². The van der Waals surface area contributed by atoms with Gasteiger partial charge in [-0.1, -0.05) is 32.9 Å².